The highest BCUT2D eigenvalue weighted by Crippen LogP contribution is 2.21. The van der Waals surface area contributed by atoms with Crippen LogP contribution in [0.5, 0.6) is 0 Å². The summed E-state index contributed by atoms with van der Waals surface area (Å²) in [6.45, 7) is 7.67. The summed E-state index contributed by atoms with van der Waals surface area (Å²) in [7, 11) is 0. The van der Waals surface area contributed by atoms with Crippen LogP contribution in [0.25, 0.3) is 5.69 Å². The molecular formula is C20H20FN3O. The van der Waals surface area contributed by atoms with Gasteiger partial charge in [0, 0.05) is 11.6 Å². The summed E-state index contributed by atoms with van der Waals surface area (Å²) >= 11 is 0. The second-order valence-corrected chi connectivity index (χ2v) is 6.34. The number of amides is 1. The molecule has 3 rings (SSSR count). The normalized spacial score (nSPS) is 10.8. The van der Waals surface area contributed by atoms with Gasteiger partial charge in [0.15, 0.2) is 0 Å². The lowest BCUT2D eigenvalue weighted by atomic mass is 10.1. The molecule has 1 amide bonds. The number of halogens is 1. The Morgan fingerprint density at radius 2 is 1.68 bits per heavy atom. The van der Waals surface area contributed by atoms with E-state index in [2.05, 4.69) is 16.5 Å². The van der Waals surface area contributed by atoms with Crippen molar-refractivity contribution in [2.24, 2.45) is 0 Å². The van der Waals surface area contributed by atoms with Gasteiger partial charge in [0.25, 0.3) is 5.91 Å². The van der Waals surface area contributed by atoms with Gasteiger partial charge in [0.05, 0.1) is 11.4 Å². The standard InChI is InChI=1S/C20H20FN3O/c1-12-7-13(2)9-17(8-12)24-19(10-15(4)23-24)22-20(25)18-11-16(21)6-5-14(18)3/h5-11H,1-4H3,(H,22,25). The minimum atomic E-state index is -0.435. The van der Waals surface area contributed by atoms with Gasteiger partial charge in [-0.1, -0.05) is 12.1 Å². The second-order valence-electron chi connectivity index (χ2n) is 6.34. The number of aryl methyl sites for hydroxylation is 4. The minimum Gasteiger partial charge on any atom is -0.306 e. The van der Waals surface area contributed by atoms with E-state index in [9.17, 15) is 9.18 Å². The van der Waals surface area contributed by atoms with Crippen LogP contribution in [-0.4, -0.2) is 15.7 Å². The van der Waals surface area contributed by atoms with Crippen molar-refractivity contribution in [3.05, 3.63) is 76.2 Å². The van der Waals surface area contributed by atoms with Crippen molar-refractivity contribution in [3.8, 4) is 5.69 Å². The summed E-state index contributed by atoms with van der Waals surface area (Å²) in [5.41, 5.74) is 4.91. The summed E-state index contributed by atoms with van der Waals surface area (Å²) in [6, 6.07) is 12.1. The molecule has 1 aromatic heterocycles. The fourth-order valence-corrected chi connectivity index (χ4v) is 2.88. The number of anilines is 1. The van der Waals surface area contributed by atoms with Crippen LogP contribution in [0.4, 0.5) is 10.2 Å². The number of hydrogen-bond acceptors (Lipinski definition) is 2. The van der Waals surface area contributed by atoms with Gasteiger partial charge in [0.1, 0.15) is 11.6 Å². The van der Waals surface area contributed by atoms with Crippen LogP contribution in [0.1, 0.15) is 32.7 Å². The van der Waals surface area contributed by atoms with Crippen LogP contribution < -0.4 is 5.32 Å². The van der Waals surface area contributed by atoms with Crippen molar-refractivity contribution in [2.75, 3.05) is 5.32 Å². The lowest BCUT2D eigenvalue weighted by molar-refractivity contribution is 0.102. The number of hydrogen-bond donors (Lipinski definition) is 1. The highest BCUT2D eigenvalue weighted by molar-refractivity contribution is 6.05. The summed E-state index contributed by atoms with van der Waals surface area (Å²) in [4.78, 5) is 12.6. The Labute approximate surface area is 146 Å². The molecule has 0 saturated heterocycles. The Kier molecular flexibility index (Phi) is 4.40. The Morgan fingerprint density at radius 3 is 2.36 bits per heavy atom. The molecule has 3 aromatic rings. The number of nitrogens with one attached hydrogen (secondary N) is 1. The third-order valence-electron chi connectivity index (χ3n) is 3.97. The van der Waals surface area contributed by atoms with Gasteiger partial charge in [0.2, 0.25) is 0 Å². The van der Waals surface area contributed by atoms with Gasteiger partial charge >= 0.3 is 0 Å². The molecule has 0 radical (unpaired) electrons. The predicted octanol–water partition coefficient (Wildman–Crippen LogP) is 4.50. The van der Waals surface area contributed by atoms with E-state index in [1.807, 2.05) is 32.9 Å². The molecule has 128 valence electrons. The maximum absolute atomic E-state index is 13.5. The largest absolute Gasteiger partial charge is 0.306 e. The predicted molar refractivity (Wildman–Crippen MR) is 96.9 cm³/mol. The monoisotopic (exact) mass is 337 g/mol. The van der Waals surface area contributed by atoms with Crippen molar-refractivity contribution >= 4 is 11.7 Å². The van der Waals surface area contributed by atoms with Gasteiger partial charge in [-0.25, -0.2) is 9.07 Å². The summed E-state index contributed by atoms with van der Waals surface area (Å²) in [6.07, 6.45) is 0. The molecule has 25 heavy (non-hydrogen) atoms. The van der Waals surface area contributed by atoms with Crippen LogP contribution >= 0.6 is 0 Å². The number of aromatic nitrogens is 2. The molecule has 4 nitrogen and oxygen atoms in total. The average Bonchev–Trinajstić information content (AvgIpc) is 2.89. The van der Waals surface area contributed by atoms with Crippen LogP contribution in [0.15, 0.2) is 42.5 Å². The fraction of sp³-hybridized carbons (Fsp3) is 0.200. The average molecular weight is 337 g/mol. The number of benzene rings is 2. The summed E-state index contributed by atoms with van der Waals surface area (Å²) in [5, 5.41) is 7.33. The number of rotatable bonds is 3. The van der Waals surface area contributed by atoms with Gasteiger partial charge in [-0.15, -0.1) is 0 Å². The zero-order chi connectivity index (χ0) is 18.1. The molecule has 0 unspecified atom stereocenters. The number of nitrogens with zero attached hydrogens (tertiary/aromatic N) is 2. The van der Waals surface area contributed by atoms with E-state index in [0.29, 0.717) is 16.9 Å². The van der Waals surface area contributed by atoms with Crippen molar-refractivity contribution in [2.45, 2.75) is 27.7 Å². The van der Waals surface area contributed by atoms with Crippen LogP contribution in [0.3, 0.4) is 0 Å². The molecule has 0 saturated carbocycles. The fourth-order valence-electron chi connectivity index (χ4n) is 2.88. The molecule has 0 aliphatic heterocycles. The van der Waals surface area contributed by atoms with Crippen molar-refractivity contribution < 1.29 is 9.18 Å². The Balaban J connectivity index is 1.99. The maximum Gasteiger partial charge on any atom is 0.257 e. The van der Waals surface area contributed by atoms with E-state index in [-0.39, 0.29) is 5.91 Å². The molecule has 2 aromatic carbocycles. The molecule has 0 aliphatic rings. The molecule has 0 spiro atoms. The van der Waals surface area contributed by atoms with Gasteiger partial charge in [-0.3, -0.25) is 4.79 Å². The third-order valence-corrected chi connectivity index (χ3v) is 3.97. The summed E-state index contributed by atoms with van der Waals surface area (Å²) in [5.74, 6) is -0.242. The van der Waals surface area contributed by atoms with E-state index >= 15 is 0 Å². The first-order chi connectivity index (χ1) is 11.8. The zero-order valence-corrected chi connectivity index (χ0v) is 14.7. The van der Waals surface area contributed by atoms with Crippen molar-refractivity contribution in [1.29, 1.82) is 0 Å². The maximum atomic E-state index is 13.5. The molecular weight excluding hydrogens is 317 g/mol. The van der Waals surface area contributed by atoms with Gasteiger partial charge in [-0.2, -0.15) is 5.10 Å². The van der Waals surface area contributed by atoms with E-state index in [0.717, 1.165) is 22.5 Å². The third kappa shape index (κ3) is 3.60. The molecule has 0 atom stereocenters. The molecule has 0 aliphatic carbocycles. The molecule has 0 bridgehead atoms. The van der Waals surface area contributed by atoms with E-state index in [1.165, 1.54) is 12.1 Å². The molecule has 5 heteroatoms. The Bertz CT molecular complexity index is 939. The SMILES string of the molecule is Cc1cc(C)cc(-n2nc(C)cc2NC(=O)c2cc(F)ccc2C)c1. The van der Waals surface area contributed by atoms with E-state index in [1.54, 1.807) is 23.7 Å². The molecule has 1 N–H and O–H groups in total. The van der Waals surface area contributed by atoms with Crippen molar-refractivity contribution in [3.63, 3.8) is 0 Å². The quantitative estimate of drug-likeness (QED) is 0.765. The Morgan fingerprint density at radius 1 is 1.00 bits per heavy atom. The van der Waals surface area contributed by atoms with Crippen LogP contribution in [0.2, 0.25) is 0 Å². The van der Waals surface area contributed by atoms with E-state index < -0.39 is 5.82 Å². The zero-order valence-electron chi connectivity index (χ0n) is 14.7. The van der Waals surface area contributed by atoms with Crippen LogP contribution in [-0.2, 0) is 0 Å². The molecule has 0 fully saturated rings. The first kappa shape index (κ1) is 16.9. The first-order valence-electron chi connectivity index (χ1n) is 8.06. The van der Waals surface area contributed by atoms with Crippen molar-refractivity contribution in [1.82, 2.24) is 9.78 Å². The number of carbonyl (C=O) groups excluding carboxylic acids is 1. The summed E-state index contributed by atoms with van der Waals surface area (Å²) < 4.78 is 15.2. The number of carbonyl (C=O) groups is 1. The highest BCUT2D eigenvalue weighted by Gasteiger charge is 2.15. The first-order valence-corrected chi connectivity index (χ1v) is 8.06. The minimum absolute atomic E-state index is 0.311. The molecule has 1 heterocycles. The van der Waals surface area contributed by atoms with Gasteiger partial charge in [-0.05, 0) is 68.7 Å². The Hall–Kier alpha value is -2.95. The van der Waals surface area contributed by atoms with Gasteiger partial charge < -0.3 is 5.32 Å². The topological polar surface area (TPSA) is 46.9 Å². The highest BCUT2D eigenvalue weighted by atomic mass is 19.1. The smallest absolute Gasteiger partial charge is 0.257 e. The van der Waals surface area contributed by atoms with Crippen LogP contribution in [0, 0.1) is 33.5 Å². The lowest BCUT2D eigenvalue weighted by Crippen LogP contribution is -2.16. The second kappa shape index (κ2) is 6.51. The lowest BCUT2D eigenvalue weighted by Gasteiger charge is -2.11. The van der Waals surface area contributed by atoms with E-state index in [4.69, 9.17) is 0 Å².